The molecule has 0 amide bonds. The van der Waals surface area contributed by atoms with Crippen LogP contribution in [-0.4, -0.2) is 34.3 Å². The molecule has 0 spiro atoms. The van der Waals surface area contributed by atoms with E-state index in [2.05, 4.69) is 49.3 Å². The van der Waals surface area contributed by atoms with Crippen LogP contribution in [0.1, 0.15) is 35.1 Å². The summed E-state index contributed by atoms with van der Waals surface area (Å²) < 4.78 is 5.85. The maximum atomic E-state index is 12.9. The van der Waals surface area contributed by atoms with Crippen LogP contribution in [0.2, 0.25) is 0 Å². The summed E-state index contributed by atoms with van der Waals surface area (Å²) in [5, 5.41) is 4.97. The first kappa shape index (κ1) is 21.5. The summed E-state index contributed by atoms with van der Waals surface area (Å²) in [6.07, 6.45) is 2.20. The Hall–Kier alpha value is -2.70. The molecule has 1 aliphatic rings. The monoisotopic (exact) mass is 435 g/mol. The number of nitrogens with zero attached hydrogens (tertiary/aromatic N) is 1. The average molecular weight is 436 g/mol. The third-order valence-corrected chi connectivity index (χ3v) is 6.26. The van der Waals surface area contributed by atoms with Gasteiger partial charge in [-0.3, -0.25) is 4.79 Å². The van der Waals surface area contributed by atoms with E-state index >= 15 is 0 Å². The molecule has 0 radical (unpaired) electrons. The number of thiocarbonyl (C=S) groups is 1. The number of aryl methyl sites for hydroxylation is 3. The number of rotatable bonds is 5. The van der Waals surface area contributed by atoms with Gasteiger partial charge in [-0.1, -0.05) is 12.1 Å². The Morgan fingerprint density at radius 2 is 2.00 bits per heavy atom. The predicted molar refractivity (Wildman–Crippen MR) is 131 cm³/mol. The zero-order valence-electron chi connectivity index (χ0n) is 18.3. The van der Waals surface area contributed by atoms with Crippen LogP contribution in [0.4, 0.5) is 5.69 Å². The van der Waals surface area contributed by atoms with Crippen molar-refractivity contribution in [2.75, 3.05) is 18.5 Å². The first-order valence-corrected chi connectivity index (χ1v) is 11.2. The highest BCUT2D eigenvalue weighted by molar-refractivity contribution is 7.80. The third-order valence-electron chi connectivity index (χ3n) is 5.90. The largest absolute Gasteiger partial charge is 0.376 e. The summed E-state index contributed by atoms with van der Waals surface area (Å²) in [5.74, 6) is 0. The maximum Gasteiger partial charge on any atom is 0.253 e. The summed E-state index contributed by atoms with van der Waals surface area (Å²) in [6, 6.07) is 14.3. The number of hydrogen-bond donors (Lipinski definition) is 2. The molecule has 0 saturated carbocycles. The molecule has 0 bridgehead atoms. The third kappa shape index (κ3) is 5.14. The molecular weight excluding hydrogens is 406 g/mol. The van der Waals surface area contributed by atoms with E-state index in [1.807, 2.05) is 29.2 Å². The van der Waals surface area contributed by atoms with Crippen molar-refractivity contribution in [3.05, 3.63) is 75.1 Å². The number of aromatic amines is 1. The number of anilines is 1. The Balaban J connectivity index is 1.62. The lowest BCUT2D eigenvalue weighted by molar-refractivity contribution is 0.0904. The SMILES string of the molecule is Cc1cccc(NC(=S)N(Cc2cc3cc(C)c(C)cc3[nH]c2=O)C[C@@H]2CCCO2)c1. The molecule has 2 heterocycles. The number of benzene rings is 2. The highest BCUT2D eigenvalue weighted by Gasteiger charge is 2.22. The number of fused-ring (bicyclic) bond motifs is 1. The Morgan fingerprint density at radius 1 is 1.19 bits per heavy atom. The van der Waals surface area contributed by atoms with E-state index < -0.39 is 0 Å². The molecule has 2 aromatic carbocycles. The van der Waals surface area contributed by atoms with Gasteiger partial charge in [0.15, 0.2) is 5.11 Å². The Labute approximate surface area is 188 Å². The van der Waals surface area contributed by atoms with E-state index in [0.29, 0.717) is 23.8 Å². The second-order valence-electron chi connectivity index (χ2n) is 8.46. The molecule has 1 atom stereocenters. The van der Waals surface area contributed by atoms with Crippen molar-refractivity contribution in [1.82, 2.24) is 9.88 Å². The first-order chi connectivity index (χ1) is 14.9. The zero-order chi connectivity index (χ0) is 22.0. The molecule has 1 aromatic heterocycles. The summed E-state index contributed by atoms with van der Waals surface area (Å²) >= 11 is 5.76. The molecule has 3 aromatic rings. The topological polar surface area (TPSA) is 57.4 Å². The highest BCUT2D eigenvalue weighted by Crippen LogP contribution is 2.20. The average Bonchev–Trinajstić information content (AvgIpc) is 3.23. The van der Waals surface area contributed by atoms with Gasteiger partial charge in [-0.2, -0.15) is 0 Å². The van der Waals surface area contributed by atoms with Crippen LogP contribution in [0.3, 0.4) is 0 Å². The lowest BCUT2D eigenvalue weighted by atomic mass is 10.0. The molecule has 6 heteroatoms. The van der Waals surface area contributed by atoms with E-state index in [1.165, 1.54) is 11.1 Å². The highest BCUT2D eigenvalue weighted by atomic mass is 32.1. The number of aromatic nitrogens is 1. The molecule has 162 valence electrons. The number of ether oxygens (including phenoxy) is 1. The van der Waals surface area contributed by atoms with Crippen LogP contribution in [0, 0.1) is 20.8 Å². The summed E-state index contributed by atoms with van der Waals surface area (Å²) in [5.41, 5.74) is 5.96. The van der Waals surface area contributed by atoms with Gasteiger partial charge in [-0.25, -0.2) is 0 Å². The van der Waals surface area contributed by atoms with Gasteiger partial charge in [0.1, 0.15) is 0 Å². The van der Waals surface area contributed by atoms with Gasteiger partial charge in [0.25, 0.3) is 5.56 Å². The second kappa shape index (κ2) is 9.20. The van der Waals surface area contributed by atoms with Crippen LogP contribution < -0.4 is 10.9 Å². The van der Waals surface area contributed by atoms with Crippen LogP contribution >= 0.6 is 12.2 Å². The number of hydrogen-bond acceptors (Lipinski definition) is 3. The molecule has 0 aliphatic carbocycles. The van der Waals surface area contributed by atoms with Crippen LogP contribution in [0.15, 0.2) is 47.3 Å². The van der Waals surface area contributed by atoms with Crippen LogP contribution in [0.5, 0.6) is 0 Å². The van der Waals surface area contributed by atoms with E-state index in [9.17, 15) is 4.79 Å². The van der Waals surface area contributed by atoms with E-state index in [-0.39, 0.29) is 11.7 Å². The normalized spacial score (nSPS) is 15.9. The van der Waals surface area contributed by atoms with Gasteiger partial charge in [-0.05, 0) is 98.2 Å². The van der Waals surface area contributed by atoms with Gasteiger partial charge >= 0.3 is 0 Å². The molecule has 1 saturated heterocycles. The summed E-state index contributed by atoms with van der Waals surface area (Å²) in [6.45, 7) is 8.06. The van der Waals surface area contributed by atoms with Crippen molar-refractivity contribution in [3.63, 3.8) is 0 Å². The zero-order valence-corrected chi connectivity index (χ0v) is 19.1. The molecule has 31 heavy (non-hydrogen) atoms. The minimum atomic E-state index is -0.0774. The fourth-order valence-electron chi connectivity index (χ4n) is 4.02. The van der Waals surface area contributed by atoms with Crippen molar-refractivity contribution < 1.29 is 4.74 Å². The van der Waals surface area contributed by atoms with Gasteiger partial charge in [0.05, 0.1) is 12.6 Å². The molecule has 5 nitrogen and oxygen atoms in total. The summed E-state index contributed by atoms with van der Waals surface area (Å²) in [4.78, 5) is 17.9. The standard InChI is InChI=1S/C25H29N3O2S/c1-16-6-4-7-21(10-16)26-25(31)28(15-22-8-5-9-30-22)14-20-13-19-11-17(2)18(3)12-23(19)27-24(20)29/h4,6-7,10-13,22H,5,8-9,14-15H2,1-3H3,(H,26,31)(H,27,29)/t22-/m0/s1. The Kier molecular flexibility index (Phi) is 6.39. The fourth-order valence-corrected chi connectivity index (χ4v) is 4.28. The minimum absolute atomic E-state index is 0.0774. The molecule has 1 aliphatic heterocycles. The van der Waals surface area contributed by atoms with Crippen molar-refractivity contribution in [3.8, 4) is 0 Å². The molecule has 0 unspecified atom stereocenters. The van der Waals surface area contributed by atoms with E-state index in [4.69, 9.17) is 17.0 Å². The summed E-state index contributed by atoms with van der Waals surface area (Å²) in [7, 11) is 0. The lowest BCUT2D eigenvalue weighted by Gasteiger charge is -2.28. The lowest BCUT2D eigenvalue weighted by Crippen LogP contribution is -2.40. The van der Waals surface area contributed by atoms with Crippen molar-refractivity contribution >= 4 is 33.9 Å². The molecular formula is C25H29N3O2S. The fraction of sp³-hybridized carbons (Fsp3) is 0.360. The first-order valence-electron chi connectivity index (χ1n) is 10.8. The number of nitrogens with one attached hydrogen (secondary N) is 2. The maximum absolute atomic E-state index is 12.9. The van der Waals surface area contributed by atoms with E-state index in [1.54, 1.807) is 0 Å². The van der Waals surface area contributed by atoms with Crippen molar-refractivity contribution in [2.24, 2.45) is 0 Å². The Morgan fingerprint density at radius 3 is 2.74 bits per heavy atom. The van der Waals surface area contributed by atoms with Crippen LogP contribution in [0.25, 0.3) is 10.9 Å². The predicted octanol–water partition coefficient (Wildman–Crippen LogP) is 4.83. The molecule has 1 fully saturated rings. The van der Waals surface area contributed by atoms with Gasteiger partial charge < -0.3 is 19.9 Å². The van der Waals surface area contributed by atoms with Gasteiger partial charge in [-0.15, -0.1) is 0 Å². The second-order valence-corrected chi connectivity index (χ2v) is 8.85. The van der Waals surface area contributed by atoms with Crippen molar-refractivity contribution in [2.45, 2.75) is 46.3 Å². The quantitative estimate of drug-likeness (QED) is 0.562. The van der Waals surface area contributed by atoms with E-state index in [0.717, 1.165) is 41.6 Å². The Bertz CT molecular complexity index is 1170. The molecule has 2 N–H and O–H groups in total. The number of pyridine rings is 1. The smallest absolute Gasteiger partial charge is 0.253 e. The minimum Gasteiger partial charge on any atom is -0.376 e. The van der Waals surface area contributed by atoms with Crippen molar-refractivity contribution in [1.29, 1.82) is 0 Å². The van der Waals surface area contributed by atoms with Gasteiger partial charge in [0, 0.05) is 29.9 Å². The number of H-pyrrole nitrogens is 1. The molecule has 4 rings (SSSR count). The van der Waals surface area contributed by atoms with Gasteiger partial charge in [0.2, 0.25) is 0 Å². The van der Waals surface area contributed by atoms with Crippen LogP contribution in [-0.2, 0) is 11.3 Å².